The van der Waals surface area contributed by atoms with Crippen LogP contribution in [-0.4, -0.2) is 21.6 Å². The molecule has 2 N–H and O–H groups in total. The summed E-state index contributed by atoms with van der Waals surface area (Å²) in [6.45, 7) is 0.477. The van der Waals surface area contributed by atoms with Crippen LogP contribution >= 0.6 is 23.2 Å². The molecule has 4 aromatic rings. The molecule has 0 aliphatic carbocycles. The summed E-state index contributed by atoms with van der Waals surface area (Å²) >= 11 is 12.1. The fourth-order valence-corrected chi connectivity index (χ4v) is 3.87. The molecule has 4 rings (SSSR count). The Hall–Kier alpha value is -3.61. The smallest absolute Gasteiger partial charge is 0.253 e. The molecule has 8 heteroatoms. The molecule has 0 radical (unpaired) electrons. The molecule has 0 spiro atoms. The third-order valence-electron chi connectivity index (χ3n) is 5.24. The third-order valence-corrected chi connectivity index (χ3v) is 5.83. The van der Waals surface area contributed by atoms with Gasteiger partial charge in [-0.25, -0.2) is 4.68 Å². The first kappa shape index (κ1) is 23.5. The van der Waals surface area contributed by atoms with Crippen LogP contribution in [0.2, 0.25) is 10.0 Å². The van der Waals surface area contributed by atoms with Crippen LogP contribution in [0, 0.1) is 0 Å². The predicted octanol–water partition coefficient (Wildman–Crippen LogP) is 5.74. The molecule has 0 aliphatic heterocycles. The van der Waals surface area contributed by atoms with Crippen LogP contribution in [0.4, 0.5) is 5.82 Å². The van der Waals surface area contributed by atoms with Gasteiger partial charge < -0.3 is 10.6 Å². The summed E-state index contributed by atoms with van der Waals surface area (Å²) in [6, 6.07) is 24.8. The Morgan fingerprint density at radius 3 is 2.32 bits per heavy atom. The van der Waals surface area contributed by atoms with Crippen molar-refractivity contribution < 1.29 is 9.59 Å². The number of hydrogen-bond acceptors (Lipinski definition) is 3. The Balaban J connectivity index is 1.47. The lowest BCUT2D eigenvalue weighted by atomic mass is 10.0. The van der Waals surface area contributed by atoms with Gasteiger partial charge in [-0.05, 0) is 35.4 Å². The maximum Gasteiger partial charge on any atom is 0.253 e. The van der Waals surface area contributed by atoms with Crippen LogP contribution in [0.3, 0.4) is 0 Å². The minimum Gasteiger partial charge on any atom is -0.345 e. The minimum absolute atomic E-state index is 0.0341. The van der Waals surface area contributed by atoms with Gasteiger partial charge in [-0.15, -0.1) is 0 Å². The van der Waals surface area contributed by atoms with Crippen molar-refractivity contribution in [2.24, 2.45) is 0 Å². The Morgan fingerprint density at radius 2 is 1.59 bits per heavy atom. The number of aromatic nitrogens is 2. The lowest BCUT2D eigenvalue weighted by molar-refractivity contribution is -0.116. The maximum atomic E-state index is 13.0. The first-order valence-electron chi connectivity index (χ1n) is 10.7. The van der Waals surface area contributed by atoms with E-state index in [0.717, 1.165) is 11.1 Å². The molecule has 3 aromatic carbocycles. The highest BCUT2D eigenvalue weighted by Gasteiger charge is 2.21. The van der Waals surface area contributed by atoms with Gasteiger partial charge in [0.15, 0.2) is 0 Å². The molecule has 172 valence electrons. The largest absolute Gasteiger partial charge is 0.345 e. The molecule has 2 amide bonds. The van der Waals surface area contributed by atoms with Crippen LogP contribution in [0.1, 0.15) is 33.9 Å². The van der Waals surface area contributed by atoms with E-state index in [1.54, 1.807) is 41.2 Å². The number of hydrogen-bond donors (Lipinski definition) is 2. The van der Waals surface area contributed by atoms with Crippen molar-refractivity contribution in [2.45, 2.75) is 19.0 Å². The van der Waals surface area contributed by atoms with Crippen molar-refractivity contribution >= 4 is 40.8 Å². The van der Waals surface area contributed by atoms with Crippen molar-refractivity contribution in [3.05, 3.63) is 118 Å². The monoisotopic (exact) mass is 492 g/mol. The number of amides is 2. The number of carbonyl (C=O) groups is 2. The first-order valence-corrected chi connectivity index (χ1v) is 11.4. The average Bonchev–Trinajstić information content (AvgIpc) is 3.27. The van der Waals surface area contributed by atoms with Crippen LogP contribution in [0.5, 0.6) is 0 Å². The highest BCUT2D eigenvalue weighted by Crippen LogP contribution is 2.21. The second kappa shape index (κ2) is 11.0. The van der Waals surface area contributed by atoms with Gasteiger partial charge in [0.25, 0.3) is 5.91 Å². The highest BCUT2D eigenvalue weighted by molar-refractivity contribution is 6.33. The summed E-state index contributed by atoms with van der Waals surface area (Å²) in [6.07, 6.45) is 1.66. The third kappa shape index (κ3) is 6.04. The zero-order valence-electron chi connectivity index (χ0n) is 18.1. The predicted molar refractivity (Wildman–Crippen MR) is 134 cm³/mol. The van der Waals surface area contributed by atoms with E-state index >= 15 is 0 Å². The van der Waals surface area contributed by atoms with E-state index in [-0.39, 0.29) is 18.2 Å². The summed E-state index contributed by atoms with van der Waals surface area (Å²) in [4.78, 5) is 25.9. The van der Waals surface area contributed by atoms with Crippen LogP contribution in [-0.2, 0) is 11.3 Å². The normalized spacial score (nSPS) is 11.6. The van der Waals surface area contributed by atoms with Gasteiger partial charge in [0.1, 0.15) is 5.82 Å². The van der Waals surface area contributed by atoms with Crippen molar-refractivity contribution in [3.8, 4) is 0 Å². The topological polar surface area (TPSA) is 76.0 Å². The van der Waals surface area contributed by atoms with Crippen molar-refractivity contribution in [1.29, 1.82) is 0 Å². The van der Waals surface area contributed by atoms with Gasteiger partial charge in [0.05, 0.1) is 35.8 Å². The number of carbonyl (C=O) groups excluding carboxylic acids is 2. The summed E-state index contributed by atoms with van der Waals surface area (Å²) in [5.41, 5.74) is 2.16. The lowest BCUT2D eigenvalue weighted by Gasteiger charge is -2.20. The number of anilines is 1. The zero-order valence-corrected chi connectivity index (χ0v) is 19.6. The molecule has 1 unspecified atom stereocenters. The van der Waals surface area contributed by atoms with Gasteiger partial charge in [0.2, 0.25) is 5.91 Å². The van der Waals surface area contributed by atoms with Gasteiger partial charge in [0, 0.05) is 11.1 Å². The molecule has 1 heterocycles. The van der Waals surface area contributed by atoms with Crippen LogP contribution in [0.25, 0.3) is 0 Å². The lowest BCUT2D eigenvalue weighted by Crippen LogP contribution is -2.32. The molecule has 0 saturated heterocycles. The fourth-order valence-electron chi connectivity index (χ4n) is 3.53. The molecule has 0 bridgehead atoms. The van der Waals surface area contributed by atoms with Crippen molar-refractivity contribution in [1.82, 2.24) is 15.1 Å². The van der Waals surface area contributed by atoms with Crippen molar-refractivity contribution in [2.75, 3.05) is 5.32 Å². The number of nitrogens with one attached hydrogen (secondary N) is 2. The maximum absolute atomic E-state index is 13.0. The SMILES string of the molecule is O=C(CC(NC(=O)c1ccccc1Cl)c1ccccc1)Nc1ccnn1Cc1ccc(Cl)cc1. The standard InChI is InChI=1S/C26H22Cl2N4O2/c27-20-12-10-18(11-13-20)17-32-24(14-15-29-32)31-25(33)16-23(19-6-2-1-3-7-19)30-26(34)21-8-4-5-9-22(21)28/h1-15,23H,16-17H2,(H,30,34)(H,31,33). The fraction of sp³-hybridized carbons (Fsp3) is 0.115. The number of halogens is 2. The summed E-state index contributed by atoms with van der Waals surface area (Å²) in [5.74, 6) is -0.0459. The Kier molecular flexibility index (Phi) is 7.62. The van der Waals surface area contributed by atoms with E-state index in [4.69, 9.17) is 23.2 Å². The average molecular weight is 493 g/mol. The summed E-state index contributed by atoms with van der Waals surface area (Å²) < 4.78 is 1.70. The molecule has 0 aliphatic rings. The van der Waals surface area contributed by atoms with Gasteiger partial charge in [-0.3, -0.25) is 9.59 Å². The van der Waals surface area contributed by atoms with Gasteiger partial charge in [-0.1, -0.05) is 77.8 Å². The minimum atomic E-state index is -0.544. The van der Waals surface area contributed by atoms with Gasteiger partial charge >= 0.3 is 0 Å². The Labute approximate surface area is 207 Å². The van der Waals surface area contributed by atoms with E-state index in [2.05, 4.69) is 15.7 Å². The molecular formula is C26H22Cl2N4O2. The van der Waals surface area contributed by atoms with E-state index in [9.17, 15) is 9.59 Å². The second-order valence-corrected chi connectivity index (χ2v) is 8.51. The molecule has 1 aromatic heterocycles. The number of nitrogens with zero attached hydrogens (tertiary/aromatic N) is 2. The highest BCUT2D eigenvalue weighted by atomic mass is 35.5. The van der Waals surface area contributed by atoms with Gasteiger partial charge in [-0.2, -0.15) is 5.10 Å². The van der Waals surface area contributed by atoms with E-state index < -0.39 is 6.04 Å². The molecule has 34 heavy (non-hydrogen) atoms. The zero-order chi connectivity index (χ0) is 23.9. The molecule has 0 fully saturated rings. The Morgan fingerprint density at radius 1 is 0.882 bits per heavy atom. The second-order valence-electron chi connectivity index (χ2n) is 7.67. The van der Waals surface area contributed by atoms with E-state index in [1.165, 1.54) is 0 Å². The molecular weight excluding hydrogens is 471 g/mol. The molecule has 0 saturated carbocycles. The Bertz CT molecular complexity index is 1270. The quantitative estimate of drug-likeness (QED) is 0.329. The number of rotatable bonds is 8. The van der Waals surface area contributed by atoms with E-state index in [1.807, 2.05) is 54.6 Å². The van der Waals surface area contributed by atoms with Crippen LogP contribution in [0.15, 0.2) is 91.1 Å². The summed E-state index contributed by atoms with van der Waals surface area (Å²) in [5, 5.41) is 11.2. The van der Waals surface area contributed by atoms with E-state index in [0.29, 0.717) is 28.0 Å². The first-order chi connectivity index (χ1) is 16.5. The van der Waals surface area contributed by atoms with Crippen LogP contribution < -0.4 is 10.6 Å². The molecule has 1 atom stereocenters. The number of benzene rings is 3. The molecule has 6 nitrogen and oxygen atoms in total. The van der Waals surface area contributed by atoms with Crippen molar-refractivity contribution in [3.63, 3.8) is 0 Å². The summed E-state index contributed by atoms with van der Waals surface area (Å²) in [7, 11) is 0.